The van der Waals surface area contributed by atoms with Gasteiger partial charge in [-0.2, -0.15) is 18.3 Å². The van der Waals surface area contributed by atoms with Crippen LogP contribution in [-0.2, 0) is 11.0 Å². The lowest BCUT2D eigenvalue weighted by molar-refractivity contribution is -0.140. The highest BCUT2D eigenvalue weighted by Gasteiger charge is 2.36. The Morgan fingerprint density at radius 2 is 1.90 bits per heavy atom. The molecule has 0 bridgehead atoms. The maximum absolute atomic E-state index is 13.4. The van der Waals surface area contributed by atoms with Crippen LogP contribution in [0.5, 0.6) is 0 Å². The van der Waals surface area contributed by atoms with Gasteiger partial charge >= 0.3 is 6.18 Å². The predicted molar refractivity (Wildman–Crippen MR) is 94.9 cm³/mol. The van der Waals surface area contributed by atoms with Gasteiger partial charge in [0.15, 0.2) is 5.82 Å². The van der Waals surface area contributed by atoms with Crippen molar-refractivity contribution in [2.75, 3.05) is 23.3 Å². The summed E-state index contributed by atoms with van der Waals surface area (Å²) in [5.74, 6) is -1.09. The number of benzene rings is 1. The summed E-state index contributed by atoms with van der Waals surface area (Å²) in [6.45, 7) is 0.684. The third kappa shape index (κ3) is 3.89. The van der Waals surface area contributed by atoms with Gasteiger partial charge in [-0.05, 0) is 24.3 Å². The summed E-state index contributed by atoms with van der Waals surface area (Å²) >= 11 is 0. The fourth-order valence-electron chi connectivity index (χ4n) is 2.94. The molecule has 1 aromatic carbocycles. The maximum Gasteiger partial charge on any atom is 0.419 e. The van der Waals surface area contributed by atoms with Crippen LogP contribution in [0.1, 0.15) is 5.56 Å². The predicted octanol–water partition coefficient (Wildman–Crippen LogP) is 2.90. The van der Waals surface area contributed by atoms with E-state index in [0.29, 0.717) is 36.9 Å². The van der Waals surface area contributed by atoms with E-state index in [1.165, 1.54) is 6.33 Å². The number of alkyl halides is 3. The van der Waals surface area contributed by atoms with Gasteiger partial charge in [-0.15, -0.1) is 0 Å². The largest absolute Gasteiger partial charge is 0.419 e. The molecular formula is C18H14F4N6O. The van der Waals surface area contributed by atoms with Crippen LogP contribution in [0.4, 0.5) is 29.1 Å². The van der Waals surface area contributed by atoms with Gasteiger partial charge in [0, 0.05) is 37.2 Å². The number of hydrogen-bond donors (Lipinski definition) is 1. The lowest BCUT2D eigenvalue weighted by Crippen LogP contribution is -2.52. The van der Waals surface area contributed by atoms with Crippen molar-refractivity contribution in [1.29, 1.82) is 0 Å². The Bertz CT molecular complexity index is 1030. The second kappa shape index (κ2) is 7.15. The lowest BCUT2D eigenvalue weighted by Gasteiger charge is -2.39. The Kier molecular flexibility index (Phi) is 4.65. The molecule has 0 atom stereocenters. The van der Waals surface area contributed by atoms with Crippen molar-refractivity contribution in [2.24, 2.45) is 5.92 Å². The van der Waals surface area contributed by atoms with Crippen LogP contribution in [0, 0.1) is 11.7 Å². The van der Waals surface area contributed by atoms with Crippen LogP contribution >= 0.6 is 0 Å². The normalized spacial score (nSPS) is 14.6. The summed E-state index contributed by atoms with van der Waals surface area (Å²) in [4.78, 5) is 22.5. The molecule has 1 aliphatic rings. The molecule has 1 aliphatic heterocycles. The van der Waals surface area contributed by atoms with E-state index < -0.39 is 29.4 Å². The molecule has 1 saturated heterocycles. The average Bonchev–Trinajstić information content (AvgIpc) is 3.16. The fourth-order valence-corrected chi connectivity index (χ4v) is 2.94. The van der Waals surface area contributed by atoms with Gasteiger partial charge in [-0.1, -0.05) is 0 Å². The third-order valence-electron chi connectivity index (χ3n) is 4.49. The van der Waals surface area contributed by atoms with E-state index >= 15 is 0 Å². The van der Waals surface area contributed by atoms with Crippen LogP contribution in [0.2, 0.25) is 0 Å². The Hall–Kier alpha value is -3.50. The first-order valence-electron chi connectivity index (χ1n) is 8.56. The van der Waals surface area contributed by atoms with E-state index in [-0.39, 0.29) is 5.69 Å². The van der Waals surface area contributed by atoms with Gasteiger partial charge in [0.2, 0.25) is 5.91 Å². The molecule has 7 nitrogen and oxygen atoms in total. The quantitative estimate of drug-likeness (QED) is 0.675. The van der Waals surface area contributed by atoms with Gasteiger partial charge < -0.3 is 10.2 Å². The fraction of sp³-hybridized carbons (Fsp3) is 0.222. The number of rotatable bonds is 4. The highest BCUT2D eigenvalue weighted by atomic mass is 19.4. The molecule has 0 unspecified atom stereocenters. The van der Waals surface area contributed by atoms with Crippen LogP contribution in [-0.4, -0.2) is 38.7 Å². The second-order valence-electron chi connectivity index (χ2n) is 6.47. The van der Waals surface area contributed by atoms with Crippen molar-refractivity contribution in [3.8, 4) is 5.82 Å². The van der Waals surface area contributed by atoms with Gasteiger partial charge in [0.05, 0.1) is 11.5 Å². The van der Waals surface area contributed by atoms with Gasteiger partial charge in [0.25, 0.3) is 0 Å². The zero-order valence-corrected chi connectivity index (χ0v) is 14.8. The van der Waals surface area contributed by atoms with E-state index in [1.54, 1.807) is 29.2 Å². The highest BCUT2D eigenvalue weighted by molar-refractivity contribution is 5.94. The van der Waals surface area contributed by atoms with Crippen molar-refractivity contribution in [3.63, 3.8) is 0 Å². The van der Waals surface area contributed by atoms with Crippen molar-refractivity contribution < 1.29 is 22.4 Å². The monoisotopic (exact) mass is 406 g/mol. The van der Waals surface area contributed by atoms with Crippen LogP contribution in [0.15, 0.2) is 49.1 Å². The number of carbonyl (C=O) groups is 1. The number of carbonyl (C=O) groups excluding carboxylic acids is 1. The van der Waals surface area contributed by atoms with Crippen molar-refractivity contribution >= 4 is 17.4 Å². The smallest absolute Gasteiger partial charge is 0.355 e. The number of hydrogen-bond acceptors (Lipinski definition) is 5. The molecular weight excluding hydrogens is 392 g/mol. The first-order valence-corrected chi connectivity index (χ1v) is 8.56. The van der Waals surface area contributed by atoms with Gasteiger partial charge in [-0.25, -0.2) is 19.0 Å². The lowest BCUT2D eigenvalue weighted by atomic mass is 9.99. The molecule has 3 aromatic rings. The molecule has 0 aliphatic carbocycles. The molecule has 3 heterocycles. The molecule has 0 saturated carbocycles. The van der Waals surface area contributed by atoms with Crippen LogP contribution in [0.3, 0.4) is 0 Å². The van der Waals surface area contributed by atoms with Gasteiger partial charge in [-0.3, -0.25) is 4.79 Å². The minimum Gasteiger partial charge on any atom is -0.355 e. The topological polar surface area (TPSA) is 75.9 Å². The average molecular weight is 406 g/mol. The Balaban J connectivity index is 1.39. The Morgan fingerprint density at radius 1 is 1.14 bits per heavy atom. The summed E-state index contributed by atoms with van der Waals surface area (Å²) in [5.41, 5.74) is -1.53. The summed E-state index contributed by atoms with van der Waals surface area (Å²) in [5, 5.41) is 6.50. The first kappa shape index (κ1) is 18.8. The molecule has 0 spiro atoms. The van der Waals surface area contributed by atoms with Crippen molar-refractivity contribution in [3.05, 3.63) is 60.4 Å². The maximum atomic E-state index is 13.4. The first-order chi connectivity index (χ1) is 13.8. The molecule has 150 valence electrons. The highest BCUT2D eigenvalue weighted by Crippen LogP contribution is 2.33. The number of aromatic nitrogens is 4. The number of nitrogens with one attached hydrogen (secondary N) is 1. The molecule has 29 heavy (non-hydrogen) atoms. The van der Waals surface area contributed by atoms with E-state index in [4.69, 9.17) is 0 Å². The van der Waals surface area contributed by atoms with Crippen LogP contribution in [0.25, 0.3) is 5.82 Å². The number of nitrogens with zero attached hydrogens (tertiary/aromatic N) is 5. The molecule has 11 heteroatoms. The van der Waals surface area contributed by atoms with Gasteiger partial charge in [0.1, 0.15) is 18.0 Å². The van der Waals surface area contributed by atoms with E-state index in [1.807, 2.05) is 4.90 Å². The number of anilines is 2. The zero-order valence-electron chi connectivity index (χ0n) is 14.8. The third-order valence-corrected chi connectivity index (χ3v) is 4.49. The summed E-state index contributed by atoms with van der Waals surface area (Å²) < 4.78 is 53.3. The van der Waals surface area contributed by atoms with E-state index in [9.17, 15) is 22.4 Å². The molecule has 2 aromatic heterocycles. The summed E-state index contributed by atoms with van der Waals surface area (Å²) in [6, 6.07) is 5.84. The molecule has 1 N–H and O–H groups in total. The summed E-state index contributed by atoms with van der Waals surface area (Å²) in [7, 11) is 0. The molecule has 0 radical (unpaired) electrons. The minimum atomic E-state index is -4.84. The van der Waals surface area contributed by atoms with Crippen LogP contribution < -0.4 is 10.2 Å². The molecule has 1 amide bonds. The molecule has 1 fully saturated rings. The van der Waals surface area contributed by atoms with E-state index in [2.05, 4.69) is 20.4 Å². The van der Waals surface area contributed by atoms with E-state index in [0.717, 1.165) is 6.07 Å². The second-order valence-corrected chi connectivity index (χ2v) is 6.47. The Labute approximate surface area is 162 Å². The Morgan fingerprint density at radius 3 is 2.59 bits per heavy atom. The minimum absolute atomic E-state index is 0.106. The SMILES string of the molecule is O=C(Nc1ccc(F)c(C(F)(F)F)c1)C1CN(c2cc(-n3cccn3)ncn2)C1. The number of halogens is 4. The van der Waals surface area contributed by atoms with Crippen molar-refractivity contribution in [1.82, 2.24) is 19.7 Å². The summed E-state index contributed by atoms with van der Waals surface area (Å²) in [6.07, 6.45) is -0.101. The molecule has 4 rings (SSSR count). The van der Waals surface area contributed by atoms with Crippen molar-refractivity contribution in [2.45, 2.75) is 6.18 Å². The standard InChI is InChI=1S/C18H14F4N6O/c19-14-3-2-12(6-13(14)18(20,21)22)26-17(29)11-8-27(9-11)15-7-16(24-10-23-15)28-5-1-4-25-28/h1-7,10-11H,8-9H2,(H,26,29). The zero-order chi connectivity index (χ0) is 20.6. The number of amides is 1.